The summed E-state index contributed by atoms with van der Waals surface area (Å²) < 4.78 is 20.8. The maximum Gasteiger partial charge on any atom is 0.217 e. The highest BCUT2D eigenvalue weighted by Crippen LogP contribution is 2.41. The fourth-order valence-electron chi connectivity index (χ4n) is 7.74. The first-order valence-electron chi connectivity index (χ1n) is 14.6. The Morgan fingerprint density at radius 1 is 1.15 bits per heavy atom. The molecule has 2 unspecified atom stereocenters. The normalized spacial score (nSPS) is 27.5. The van der Waals surface area contributed by atoms with Crippen molar-refractivity contribution < 1.29 is 14.2 Å². The Balaban J connectivity index is 1.23. The lowest BCUT2D eigenvalue weighted by Gasteiger charge is -2.34. The van der Waals surface area contributed by atoms with E-state index in [4.69, 9.17) is 21.1 Å². The lowest BCUT2D eigenvalue weighted by atomic mass is 9.95. The molecule has 2 aromatic carbocycles. The maximum atomic E-state index is 14.4. The molecule has 41 heavy (non-hydrogen) atoms. The van der Waals surface area contributed by atoms with E-state index in [0.717, 1.165) is 84.1 Å². The van der Waals surface area contributed by atoms with Crippen LogP contribution in [0.5, 0.6) is 11.6 Å². The second-order valence-corrected chi connectivity index (χ2v) is 12.2. The first-order valence-corrected chi connectivity index (χ1v) is 14.6. The molecule has 4 aromatic rings. The third kappa shape index (κ3) is 4.12. The van der Waals surface area contributed by atoms with Gasteiger partial charge in [-0.15, -0.1) is 6.42 Å². The number of imidazole rings is 1. The van der Waals surface area contributed by atoms with Crippen LogP contribution in [0, 0.1) is 12.3 Å². The molecule has 4 aliphatic rings. The summed E-state index contributed by atoms with van der Waals surface area (Å²) in [7, 11) is 0. The number of hydrogen-bond donors (Lipinski definition) is 3. The molecule has 4 atom stereocenters. The predicted molar refractivity (Wildman–Crippen MR) is 157 cm³/mol. The van der Waals surface area contributed by atoms with Gasteiger partial charge in [0.2, 0.25) is 5.88 Å². The Labute approximate surface area is 237 Å². The van der Waals surface area contributed by atoms with Crippen LogP contribution in [-0.2, 0) is 0 Å². The van der Waals surface area contributed by atoms with E-state index in [2.05, 4.69) is 26.0 Å². The number of benzene rings is 2. The number of phenols is 1. The molecule has 210 valence electrons. The van der Waals surface area contributed by atoms with Crippen LogP contribution in [0.4, 0.5) is 10.2 Å². The third-order valence-electron chi connectivity index (χ3n) is 9.57. The van der Waals surface area contributed by atoms with Crippen LogP contribution in [0.1, 0.15) is 37.7 Å². The zero-order valence-electron chi connectivity index (χ0n) is 22.9. The van der Waals surface area contributed by atoms with Crippen molar-refractivity contribution in [2.75, 3.05) is 37.7 Å². The summed E-state index contributed by atoms with van der Waals surface area (Å²) >= 11 is 0. The minimum Gasteiger partial charge on any atom is -0.508 e. The number of hydrogen-bond acceptors (Lipinski definition) is 7. The number of anilines is 1. The van der Waals surface area contributed by atoms with E-state index < -0.39 is 6.17 Å². The van der Waals surface area contributed by atoms with Crippen molar-refractivity contribution in [1.82, 2.24) is 25.2 Å². The van der Waals surface area contributed by atoms with Gasteiger partial charge in [-0.1, -0.05) is 18.1 Å². The number of aromatic hydroxyl groups is 1. The number of nitrogens with zero attached hydrogens (tertiary/aromatic N) is 4. The molecule has 0 saturated carbocycles. The van der Waals surface area contributed by atoms with Crippen molar-refractivity contribution >= 4 is 27.6 Å². The second-order valence-electron chi connectivity index (χ2n) is 12.2. The van der Waals surface area contributed by atoms with Crippen LogP contribution in [-0.4, -0.2) is 81.5 Å². The van der Waals surface area contributed by atoms with E-state index in [-0.39, 0.29) is 11.3 Å². The Bertz CT molecular complexity index is 1700. The van der Waals surface area contributed by atoms with Crippen molar-refractivity contribution in [3.05, 3.63) is 42.0 Å². The molecular weight excluding hydrogens is 519 g/mol. The highest BCUT2D eigenvalue weighted by molar-refractivity contribution is 6.02. The Morgan fingerprint density at radius 2 is 2.00 bits per heavy atom. The quantitative estimate of drug-likeness (QED) is 0.317. The number of rotatable bonds is 5. The largest absolute Gasteiger partial charge is 0.508 e. The van der Waals surface area contributed by atoms with Gasteiger partial charge in [-0.25, -0.2) is 9.37 Å². The average Bonchev–Trinajstić information content (AvgIpc) is 3.72. The Kier molecular flexibility index (Phi) is 5.66. The number of terminal acetylenes is 1. The van der Waals surface area contributed by atoms with Crippen molar-refractivity contribution in [3.63, 3.8) is 0 Å². The van der Waals surface area contributed by atoms with Crippen LogP contribution in [0.2, 0.25) is 0 Å². The SMILES string of the molecule is C#Cc1cccc2cc(O)cc(-c3nc4c(N5CC6CCC(C5)N6)nc(OC[C@@]56CCCN5C[C@H](F)C6)cc4[nH]3)c12. The number of H-pyrrole nitrogens is 1. The van der Waals surface area contributed by atoms with E-state index in [9.17, 15) is 9.50 Å². The molecule has 0 amide bonds. The second kappa shape index (κ2) is 9.33. The molecule has 4 aliphatic heterocycles. The van der Waals surface area contributed by atoms with E-state index >= 15 is 0 Å². The minimum absolute atomic E-state index is 0.145. The summed E-state index contributed by atoms with van der Waals surface area (Å²) in [5.41, 5.74) is 2.78. The fourth-order valence-corrected chi connectivity index (χ4v) is 7.74. The zero-order valence-corrected chi connectivity index (χ0v) is 22.9. The summed E-state index contributed by atoms with van der Waals surface area (Å²) in [6.07, 6.45) is 9.90. The number of phenolic OH excluding ortho intramolecular Hbond substituents is 1. The van der Waals surface area contributed by atoms with Gasteiger partial charge in [0, 0.05) is 60.7 Å². The number of nitrogens with one attached hydrogen (secondary N) is 2. The van der Waals surface area contributed by atoms with Gasteiger partial charge in [0.1, 0.15) is 29.9 Å². The summed E-state index contributed by atoms with van der Waals surface area (Å²) in [5.74, 6) is 4.84. The number of aromatic nitrogens is 3. The smallest absolute Gasteiger partial charge is 0.217 e. The fraction of sp³-hybridized carbons (Fsp3) is 0.438. The van der Waals surface area contributed by atoms with Crippen LogP contribution in [0.25, 0.3) is 33.2 Å². The summed E-state index contributed by atoms with van der Waals surface area (Å²) in [4.78, 5) is 18.2. The molecule has 0 radical (unpaired) electrons. The maximum absolute atomic E-state index is 14.4. The molecule has 0 spiro atoms. The molecule has 6 heterocycles. The number of piperazine rings is 1. The molecule has 0 aliphatic carbocycles. The highest BCUT2D eigenvalue weighted by atomic mass is 19.1. The summed E-state index contributed by atoms with van der Waals surface area (Å²) in [5, 5.41) is 16.0. The van der Waals surface area contributed by atoms with Crippen molar-refractivity contribution in [2.45, 2.75) is 55.9 Å². The van der Waals surface area contributed by atoms with Crippen LogP contribution in [0.3, 0.4) is 0 Å². The van der Waals surface area contributed by atoms with Crippen molar-refractivity contribution in [1.29, 1.82) is 0 Å². The highest BCUT2D eigenvalue weighted by Gasteiger charge is 2.49. The zero-order chi connectivity index (χ0) is 27.7. The van der Waals surface area contributed by atoms with Gasteiger partial charge in [0.25, 0.3) is 0 Å². The Morgan fingerprint density at radius 3 is 2.83 bits per heavy atom. The number of pyridine rings is 1. The van der Waals surface area contributed by atoms with Crippen molar-refractivity contribution in [2.24, 2.45) is 0 Å². The van der Waals surface area contributed by atoms with Crippen LogP contribution < -0.4 is 15.0 Å². The summed E-state index contributed by atoms with van der Waals surface area (Å²) in [6, 6.07) is 11.9. The number of fused-ring (bicyclic) bond motifs is 5. The van der Waals surface area contributed by atoms with Gasteiger partial charge in [0.05, 0.1) is 11.1 Å². The van der Waals surface area contributed by atoms with E-state index in [0.29, 0.717) is 43.4 Å². The topological polar surface area (TPSA) is 89.5 Å². The molecule has 4 fully saturated rings. The van der Waals surface area contributed by atoms with Gasteiger partial charge < -0.3 is 25.0 Å². The van der Waals surface area contributed by atoms with E-state index in [1.165, 1.54) is 0 Å². The van der Waals surface area contributed by atoms with Gasteiger partial charge in [-0.05, 0) is 55.8 Å². The molecule has 8 rings (SSSR count). The molecule has 8 nitrogen and oxygen atoms in total. The number of ether oxygens (including phenoxy) is 1. The van der Waals surface area contributed by atoms with Crippen LogP contribution in [0.15, 0.2) is 36.4 Å². The van der Waals surface area contributed by atoms with E-state index in [1.807, 2.05) is 24.3 Å². The monoisotopic (exact) mass is 552 g/mol. The lowest BCUT2D eigenvalue weighted by Crippen LogP contribution is -2.51. The molecule has 2 aromatic heterocycles. The first kappa shape index (κ1) is 24.9. The van der Waals surface area contributed by atoms with E-state index in [1.54, 1.807) is 12.1 Å². The molecule has 4 saturated heterocycles. The predicted octanol–water partition coefficient (Wildman–Crippen LogP) is 4.36. The average molecular weight is 553 g/mol. The molecule has 2 bridgehead atoms. The molecule has 9 heteroatoms. The number of halogens is 1. The van der Waals surface area contributed by atoms with Crippen molar-refractivity contribution in [3.8, 4) is 35.4 Å². The number of aromatic amines is 1. The van der Waals surface area contributed by atoms with Crippen LogP contribution >= 0.6 is 0 Å². The van der Waals surface area contributed by atoms with Gasteiger partial charge in [-0.3, -0.25) is 4.90 Å². The van der Waals surface area contributed by atoms with Gasteiger partial charge >= 0.3 is 0 Å². The van der Waals surface area contributed by atoms with Gasteiger partial charge in [0.15, 0.2) is 5.82 Å². The van der Waals surface area contributed by atoms with Gasteiger partial charge in [-0.2, -0.15) is 4.98 Å². The summed E-state index contributed by atoms with van der Waals surface area (Å²) in [6.45, 7) is 3.53. The lowest BCUT2D eigenvalue weighted by molar-refractivity contribution is 0.111. The first-order chi connectivity index (χ1) is 20.0. The Hall–Kier alpha value is -3.87. The third-order valence-corrected chi connectivity index (χ3v) is 9.57. The standard InChI is InChI=1S/C32H33FN6O2/c1-2-19-5-3-6-20-11-24(40)12-25(28(19)20)30-35-26-13-27(41-18-32-9-4-10-39(32)15-21(33)14-32)36-31(29(26)37-30)38-16-22-7-8-23(17-38)34-22/h1,3,5-6,11-13,21-23,34,40H,4,7-10,14-18H2,(H,35,37)/t21-,22?,23?,32+/m1/s1. The molecular formula is C32H33FN6O2. The minimum atomic E-state index is -0.804. The number of alkyl halides is 1. The molecule has 3 N–H and O–H groups in total.